The Balaban J connectivity index is 1.94. The molecular formula is C19H22ClN5O3S. The van der Waals surface area contributed by atoms with Gasteiger partial charge in [0.25, 0.3) is 5.91 Å². The predicted molar refractivity (Wildman–Crippen MR) is 113 cm³/mol. The molecule has 0 bridgehead atoms. The second-order valence-corrected chi connectivity index (χ2v) is 8.83. The molecule has 0 saturated carbocycles. The summed E-state index contributed by atoms with van der Waals surface area (Å²) in [6.07, 6.45) is 1.45. The molecule has 8 nitrogen and oxygen atoms in total. The molecule has 3 rings (SSSR count). The third kappa shape index (κ3) is 3.98. The van der Waals surface area contributed by atoms with E-state index in [1.54, 1.807) is 31.6 Å². The van der Waals surface area contributed by atoms with Crippen LogP contribution in [0.1, 0.15) is 29.9 Å². The Kier molecular flexibility index (Phi) is 5.92. The Morgan fingerprint density at radius 3 is 2.59 bits per heavy atom. The Morgan fingerprint density at radius 2 is 1.93 bits per heavy atom. The Bertz CT molecular complexity index is 1190. The van der Waals surface area contributed by atoms with Crippen LogP contribution in [0.4, 0.5) is 5.69 Å². The average Bonchev–Trinajstić information content (AvgIpc) is 2.97. The highest BCUT2D eigenvalue weighted by atomic mass is 35.5. The summed E-state index contributed by atoms with van der Waals surface area (Å²) in [5.74, 6) is -0.443. The van der Waals surface area contributed by atoms with Gasteiger partial charge in [0.05, 0.1) is 26.9 Å². The SMILES string of the molecule is CCN(CC)S(=O)(=O)c1ccc(Cl)c(NC(=O)c2cnc3c(c2)c(C)nn3C)c1. The van der Waals surface area contributed by atoms with Gasteiger partial charge in [-0.05, 0) is 31.2 Å². The second kappa shape index (κ2) is 8.10. The van der Waals surface area contributed by atoms with Crippen LogP contribution in [0.15, 0.2) is 35.4 Å². The highest BCUT2D eigenvalue weighted by Gasteiger charge is 2.23. The van der Waals surface area contributed by atoms with Crippen LogP contribution >= 0.6 is 11.6 Å². The van der Waals surface area contributed by atoms with Crippen LogP contribution in [0.25, 0.3) is 11.0 Å². The third-order valence-electron chi connectivity index (χ3n) is 4.65. The first-order valence-electron chi connectivity index (χ1n) is 9.09. The quantitative estimate of drug-likeness (QED) is 0.641. The number of aryl methyl sites for hydroxylation is 2. The van der Waals surface area contributed by atoms with Gasteiger partial charge < -0.3 is 5.32 Å². The van der Waals surface area contributed by atoms with Crippen molar-refractivity contribution in [2.75, 3.05) is 18.4 Å². The minimum Gasteiger partial charge on any atom is -0.321 e. The van der Waals surface area contributed by atoms with E-state index in [1.165, 1.54) is 28.7 Å². The van der Waals surface area contributed by atoms with Crippen molar-refractivity contribution >= 4 is 44.3 Å². The molecule has 2 aromatic heterocycles. The van der Waals surface area contributed by atoms with Crippen molar-refractivity contribution in [2.24, 2.45) is 7.05 Å². The number of carbonyl (C=O) groups excluding carboxylic acids is 1. The smallest absolute Gasteiger partial charge is 0.257 e. The van der Waals surface area contributed by atoms with Gasteiger partial charge in [0.2, 0.25) is 10.0 Å². The van der Waals surface area contributed by atoms with E-state index in [1.807, 2.05) is 6.92 Å². The number of sulfonamides is 1. The summed E-state index contributed by atoms with van der Waals surface area (Å²) in [6.45, 7) is 6.06. The number of aromatic nitrogens is 3. The minimum atomic E-state index is -3.67. The molecule has 1 amide bonds. The molecule has 2 heterocycles. The van der Waals surface area contributed by atoms with Crippen LogP contribution in [-0.4, -0.2) is 46.5 Å². The normalized spacial score (nSPS) is 11.9. The highest BCUT2D eigenvalue weighted by Crippen LogP contribution is 2.28. The summed E-state index contributed by atoms with van der Waals surface area (Å²) in [5, 5.41) is 7.98. The van der Waals surface area contributed by atoms with Crippen molar-refractivity contribution < 1.29 is 13.2 Å². The molecular weight excluding hydrogens is 414 g/mol. The van der Waals surface area contributed by atoms with Gasteiger partial charge in [-0.3, -0.25) is 9.48 Å². The number of halogens is 1. The van der Waals surface area contributed by atoms with Gasteiger partial charge in [0.15, 0.2) is 5.65 Å². The molecule has 0 radical (unpaired) electrons. The number of carbonyl (C=O) groups is 1. The van der Waals surface area contributed by atoms with E-state index >= 15 is 0 Å². The fourth-order valence-corrected chi connectivity index (χ4v) is 4.75. The molecule has 1 aromatic carbocycles. The molecule has 0 fully saturated rings. The summed E-state index contributed by atoms with van der Waals surface area (Å²) in [7, 11) is -1.89. The molecule has 0 aliphatic heterocycles. The van der Waals surface area contributed by atoms with Gasteiger partial charge in [-0.2, -0.15) is 9.40 Å². The Labute approximate surface area is 174 Å². The van der Waals surface area contributed by atoms with Crippen LogP contribution < -0.4 is 5.32 Å². The van der Waals surface area contributed by atoms with Gasteiger partial charge >= 0.3 is 0 Å². The first kappa shape index (κ1) is 21.2. The molecule has 0 aliphatic rings. The fraction of sp³-hybridized carbons (Fsp3) is 0.316. The van der Waals surface area contributed by atoms with Crippen LogP contribution in [-0.2, 0) is 17.1 Å². The highest BCUT2D eigenvalue weighted by molar-refractivity contribution is 7.89. The number of pyridine rings is 1. The standard InChI is InChI=1S/C19H22ClN5O3S/c1-5-25(6-2)29(27,28)14-7-8-16(20)17(10-14)22-19(26)13-9-15-12(3)23-24(4)18(15)21-11-13/h7-11H,5-6H2,1-4H3,(H,22,26). The maximum Gasteiger partial charge on any atom is 0.257 e. The number of nitrogens with one attached hydrogen (secondary N) is 1. The first-order chi connectivity index (χ1) is 13.7. The van der Waals surface area contributed by atoms with E-state index in [4.69, 9.17) is 11.6 Å². The molecule has 29 heavy (non-hydrogen) atoms. The monoisotopic (exact) mass is 435 g/mol. The molecule has 3 aromatic rings. The molecule has 0 unspecified atom stereocenters. The topological polar surface area (TPSA) is 97.2 Å². The molecule has 1 N–H and O–H groups in total. The fourth-order valence-electron chi connectivity index (χ4n) is 3.10. The maximum atomic E-state index is 12.8. The third-order valence-corrected chi connectivity index (χ3v) is 7.03. The lowest BCUT2D eigenvalue weighted by Crippen LogP contribution is -2.30. The molecule has 0 saturated heterocycles. The Hall–Kier alpha value is -2.49. The van der Waals surface area contributed by atoms with E-state index in [9.17, 15) is 13.2 Å². The molecule has 154 valence electrons. The van der Waals surface area contributed by atoms with Gasteiger partial charge in [-0.15, -0.1) is 0 Å². The zero-order valence-corrected chi connectivity index (χ0v) is 18.2. The number of rotatable bonds is 6. The zero-order chi connectivity index (χ0) is 21.3. The summed E-state index contributed by atoms with van der Waals surface area (Å²) < 4.78 is 28.5. The molecule has 0 atom stereocenters. The van der Waals surface area contributed by atoms with E-state index in [2.05, 4.69) is 15.4 Å². The van der Waals surface area contributed by atoms with Crippen molar-refractivity contribution in [2.45, 2.75) is 25.7 Å². The first-order valence-corrected chi connectivity index (χ1v) is 10.9. The van der Waals surface area contributed by atoms with Crippen molar-refractivity contribution in [3.8, 4) is 0 Å². The van der Waals surface area contributed by atoms with Crippen molar-refractivity contribution in [1.29, 1.82) is 0 Å². The maximum absolute atomic E-state index is 12.8. The second-order valence-electron chi connectivity index (χ2n) is 6.49. The lowest BCUT2D eigenvalue weighted by atomic mass is 10.2. The van der Waals surface area contributed by atoms with E-state index in [0.29, 0.717) is 24.3 Å². The number of fused-ring (bicyclic) bond motifs is 1. The van der Waals surface area contributed by atoms with Gasteiger partial charge in [-0.1, -0.05) is 25.4 Å². The van der Waals surface area contributed by atoms with Gasteiger partial charge in [0, 0.05) is 31.7 Å². The number of anilines is 1. The van der Waals surface area contributed by atoms with Crippen molar-refractivity contribution in [3.05, 3.63) is 46.7 Å². The van der Waals surface area contributed by atoms with E-state index < -0.39 is 15.9 Å². The average molecular weight is 436 g/mol. The van der Waals surface area contributed by atoms with Gasteiger partial charge in [-0.25, -0.2) is 13.4 Å². The molecule has 0 spiro atoms. The van der Waals surface area contributed by atoms with Gasteiger partial charge in [0.1, 0.15) is 0 Å². The van der Waals surface area contributed by atoms with E-state index in [-0.39, 0.29) is 15.6 Å². The van der Waals surface area contributed by atoms with Crippen LogP contribution in [0.3, 0.4) is 0 Å². The van der Waals surface area contributed by atoms with Crippen LogP contribution in [0, 0.1) is 6.92 Å². The number of hydrogen-bond acceptors (Lipinski definition) is 5. The largest absolute Gasteiger partial charge is 0.321 e. The van der Waals surface area contributed by atoms with Crippen LogP contribution in [0.2, 0.25) is 5.02 Å². The zero-order valence-electron chi connectivity index (χ0n) is 16.6. The molecule has 0 aliphatic carbocycles. The number of nitrogens with zero attached hydrogens (tertiary/aromatic N) is 4. The van der Waals surface area contributed by atoms with Crippen molar-refractivity contribution in [3.63, 3.8) is 0 Å². The summed E-state index contributed by atoms with van der Waals surface area (Å²) in [6, 6.07) is 5.96. The Morgan fingerprint density at radius 1 is 1.24 bits per heavy atom. The van der Waals surface area contributed by atoms with Crippen LogP contribution in [0.5, 0.6) is 0 Å². The summed E-state index contributed by atoms with van der Waals surface area (Å²) in [5.41, 5.74) is 1.97. The number of benzene rings is 1. The number of hydrogen-bond donors (Lipinski definition) is 1. The van der Waals surface area contributed by atoms with Crippen molar-refractivity contribution in [1.82, 2.24) is 19.1 Å². The predicted octanol–water partition coefficient (Wildman–Crippen LogP) is 3.21. The summed E-state index contributed by atoms with van der Waals surface area (Å²) in [4.78, 5) is 17.1. The lowest BCUT2D eigenvalue weighted by molar-refractivity contribution is 0.102. The molecule has 10 heteroatoms. The summed E-state index contributed by atoms with van der Waals surface area (Å²) >= 11 is 6.20. The minimum absolute atomic E-state index is 0.0672. The lowest BCUT2D eigenvalue weighted by Gasteiger charge is -2.19. The van der Waals surface area contributed by atoms with E-state index in [0.717, 1.165) is 11.1 Å². The number of amides is 1.